The number of carbonyl (C=O) groups is 3. The largest absolute Gasteiger partial charge is 0.383 e. The maximum absolute atomic E-state index is 12.7. The topological polar surface area (TPSA) is 71.8 Å². The molecule has 0 aromatic carbocycles. The van der Waals surface area contributed by atoms with Gasteiger partial charge in [0.25, 0.3) is 5.91 Å². The van der Waals surface area contributed by atoms with Gasteiger partial charge in [-0.1, -0.05) is 0 Å². The van der Waals surface area contributed by atoms with Gasteiger partial charge < -0.3 is 14.2 Å². The number of ketones is 1. The normalized spacial score (nSPS) is 19.0. The van der Waals surface area contributed by atoms with E-state index in [2.05, 4.69) is 4.57 Å². The maximum Gasteiger partial charge on any atom is 0.327 e. The van der Waals surface area contributed by atoms with E-state index in [1.165, 1.54) is 0 Å². The first-order valence-electron chi connectivity index (χ1n) is 8.66. The number of aryl methyl sites for hydroxylation is 1. The highest BCUT2D eigenvalue weighted by Crippen LogP contribution is 2.30. The second-order valence-corrected chi connectivity index (χ2v) is 7.00. The molecule has 0 radical (unpaired) electrons. The zero-order valence-corrected chi connectivity index (χ0v) is 15.2. The second kappa shape index (κ2) is 6.63. The van der Waals surface area contributed by atoms with E-state index in [9.17, 15) is 14.4 Å². The Morgan fingerprint density at radius 2 is 2.00 bits per heavy atom. The third-order valence-electron chi connectivity index (χ3n) is 5.01. The van der Waals surface area contributed by atoms with Crippen LogP contribution >= 0.6 is 0 Å². The molecule has 25 heavy (non-hydrogen) atoms. The molecule has 3 rings (SSSR count). The van der Waals surface area contributed by atoms with Crippen LogP contribution in [0.15, 0.2) is 6.07 Å². The molecule has 1 aromatic rings. The monoisotopic (exact) mass is 347 g/mol. The van der Waals surface area contributed by atoms with Crippen molar-refractivity contribution in [2.45, 2.75) is 45.7 Å². The first kappa shape index (κ1) is 17.7. The molecule has 0 spiro atoms. The predicted molar refractivity (Wildman–Crippen MR) is 91.7 cm³/mol. The van der Waals surface area contributed by atoms with E-state index in [0.29, 0.717) is 12.2 Å². The van der Waals surface area contributed by atoms with Crippen molar-refractivity contribution in [1.82, 2.24) is 14.4 Å². The summed E-state index contributed by atoms with van der Waals surface area (Å²) in [5.41, 5.74) is 2.36. The summed E-state index contributed by atoms with van der Waals surface area (Å²) in [6.07, 6.45) is 1.89. The van der Waals surface area contributed by atoms with Gasteiger partial charge in [-0.05, 0) is 39.7 Å². The zero-order chi connectivity index (χ0) is 18.3. The highest BCUT2D eigenvalue weighted by Gasteiger charge is 2.44. The lowest BCUT2D eigenvalue weighted by Gasteiger charge is -2.18. The highest BCUT2D eigenvalue weighted by molar-refractivity contribution is 6.08. The molecule has 1 aliphatic carbocycles. The van der Waals surface area contributed by atoms with E-state index in [4.69, 9.17) is 4.74 Å². The summed E-state index contributed by atoms with van der Waals surface area (Å²) in [7, 11) is 1.65. The minimum Gasteiger partial charge on any atom is -0.383 e. The Bertz CT molecular complexity index is 720. The first-order chi connectivity index (χ1) is 11.8. The van der Waals surface area contributed by atoms with Crippen LogP contribution in [0.5, 0.6) is 0 Å². The van der Waals surface area contributed by atoms with Crippen molar-refractivity contribution in [3.8, 4) is 0 Å². The summed E-state index contributed by atoms with van der Waals surface area (Å²) in [5.74, 6) is -0.491. The Kier molecular flexibility index (Phi) is 4.69. The van der Waals surface area contributed by atoms with Crippen molar-refractivity contribution in [3.63, 3.8) is 0 Å². The molecule has 1 saturated carbocycles. The molecule has 1 saturated heterocycles. The summed E-state index contributed by atoms with van der Waals surface area (Å²) >= 11 is 0. The van der Waals surface area contributed by atoms with Crippen LogP contribution in [0.3, 0.4) is 0 Å². The van der Waals surface area contributed by atoms with E-state index in [1.807, 2.05) is 26.8 Å². The van der Waals surface area contributed by atoms with E-state index < -0.39 is 0 Å². The average Bonchev–Trinajstić information content (AvgIpc) is 3.29. The van der Waals surface area contributed by atoms with Gasteiger partial charge in [-0.25, -0.2) is 4.79 Å². The molecule has 1 unspecified atom stereocenters. The van der Waals surface area contributed by atoms with Gasteiger partial charge in [0.05, 0.1) is 19.2 Å². The van der Waals surface area contributed by atoms with Gasteiger partial charge in [0, 0.05) is 30.1 Å². The number of hydrogen-bond acceptors (Lipinski definition) is 4. The average molecular weight is 347 g/mol. The number of carbonyl (C=O) groups excluding carboxylic acids is 3. The van der Waals surface area contributed by atoms with Crippen LogP contribution in [-0.4, -0.2) is 64.9 Å². The number of urea groups is 1. The number of rotatable bonds is 7. The van der Waals surface area contributed by atoms with Crippen molar-refractivity contribution >= 4 is 17.7 Å². The van der Waals surface area contributed by atoms with Crippen molar-refractivity contribution in [3.05, 3.63) is 23.0 Å². The molecule has 1 aliphatic heterocycles. The van der Waals surface area contributed by atoms with E-state index in [1.54, 1.807) is 12.0 Å². The Morgan fingerprint density at radius 3 is 2.60 bits per heavy atom. The Morgan fingerprint density at radius 1 is 1.32 bits per heavy atom. The zero-order valence-electron chi connectivity index (χ0n) is 15.2. The van der Waals surface area contributed by atoms with Crippen LogP contribution in [0.4, 0.5) is 4.79 Å². The van der Waals surface area contributed by atoms with Gasteiger partial charge in [-0.2, -0.15) is 0 Å². The lowest BCUT2D eigenvalue weighted by atomic mass is 10.1. The highest BCUT2D eigenvalue weighted by atomic mass is 16.5. The molecular weight excluding hydrogens is 322 g/mol. The molecule has 7 heteroatoms. The molecule has 0 N–H and O–H groups in total. The number of imide groups is 1. The Labute approximate surface area is 147 Å². The first-order valence-corrected chi connectivity index (χ1v) is 8.66. The van der Waals surface area contributed by atoms with Crippen molar-refractivity contribution in [1.29, 1.82) is 0 Å². The number of methoxy groups -OCH3 is 1. The second-order valence-electron chi connectivity index (χ2n) is 7.00. The van der Waals surface area contributed by atoms with Crippen molar-refractivity contribution in [2.24, 2.45) is 0 Å². The Hall–Kier alpha value is -2.15. The van der Waals surface area contributed by atoms with Crippen LogP contribution in [-0.2, 0) is 9.53 Å². The van der Waals surface area contributed by atoms with Gasteiger partial charge in [-0.15, -0.1) is 0 Å². The lowest BCUT2D eigenvalue weighted by molar-refractivity contribution is -0.125. The quantitative estimate of drug-likeness (QED) is 0.558. The van der Waals surface area contributed by atoms with Crippen molar-refractivity contribution < 1.29 is 19.1 Å². The molecule has 136 valence electrons. The number of hydrogen-bond donors (Lipinski definition) is 0. The summed E-state index contributed by atoms with van der Waals surface area (Å²) < 4.78 is 7.26. The Balaban J connectivity index is 1.76. The minimum atomic E-state index is -0.331. The van der Waals surface area contributed by atoms with Crippen LogP contribution in [0.1, 0.15) is 47.6 Å². The number of nitrogens with zero attached hydrogens (tertiary/aromatic N) is 3. The fourth-order valence-electron chi connectivity index (χ4n) is 3.67. The molecule has 2 heterocycles. The predicted octanol–water partition coefficient (Wildman–Crippen LogP) is 1.92. The molecular formula is C18H25N3O4. The number of amides is 3. The van der Waals surface area contributed by atoms with E-state index in [-0.39, 0.29) is 42.9 Å². The summed E-state index contributed by atoms with van der Waals surface area (Å²) in [6, 6.07) is 1.78. The molecule has 7 nitrogen and oxygen atoms in total. The summed E-state index contributed by atoms with van der Waals surface area (Å²) in [4.78, 5) is 39.9. The molecule has 1 atom stereocenters. The number of ether oxygens (including phenoxy) is 1. The molecule has 3 amide bonds. The fraction of sp³-hybridized carbons (Fsp3) is 0.611. The molecule has 2 fully saturated rings. The van der Waals surface area contributed by atoms with Gasteiger partial charge >= 0.3 is 6.03 Å². The van der Waals surface area contributed by atoms with E-state index in [0.717, 1.165) is 29.1 Å². The lowest BCUT2D eigenvalue weighted by Crippen LogP contribution is -2.37. The fourth-order valence-corrected chi connectivity index (χ4v) is 3.67. The van der Waals surface area contributed by atoms with Gasteiger partial charge in [-0.3, -0.25) is 14.5 Å². The molecule has 0 bridgehead atoms. The van der Waals surface area contributed by atoms with Gasteiger partial charge in [0.15, 0.2) is 5.78 Å². The standard InChI is InChI=1S/C18H25N3O4/c1-11-7-15(13(3)21(11)12(2)10-25-4)16(22)8-20-17(23)9-19(18(20)24)14-5-6-14/h7,12,14H,5-6,8-10H2,1-4H3. The van der Waals surface area contributed by atoms with Crippen LogP contribution < -0.4 is 0 Å². The minimum absolute atomic E-state index is 0.0979. The molecule has 2 aliphatic rings. The van der Waals surface area contributed by atoms with E-state index >= 15 is 0 Å². The van der Waals surface area contributed by atoms with Gasteiger partial charge in [0.1, 0.15) is 6.54 Å². The molecule has 1 aromatic heterocycles. The van der Waals surface area contributed by atoms with Gasteiger partial charge in [0.2, 0.25) is 0 Å². The van der Waals surface area contributed by atoms with Crippen LogP contribution in [0.2, 0.25) is 0 Å². The van der Waals surface area contributed by atoms with Crippen LogP contribution in [0, 0.1) is 13.8 Å². The SMILES string of the molecule is COCC(C)n1c(C)cc(C(=O)CN2C(=O)CN(C3CC3)C2=O)c1C. The summed E-state index contributed by atoms with van der Waals surface area (Å²) in [5, 5.41) is 0. The summed E-state index contributed by atoms with van der Waals surface area (Å²) in [6.45, 7) is 6.31. The third kappa shape index (κ3) is 3.20. The maximum atomic E-state index is 12.7. The number of Topliss-reactive ketones (excluding diaryl/α,β-unsaturated/α-hetero) is 1. The number of aromatic nitrogens is 1. The smallest absolute Gasteiger partial charge is 0.327 e. The van der Waals surface area contributed by atoms with Crippen LogP contribution in [0.25, 0.3) is 0 Å². The van der Waals surface area contributed by atoms with Crippen molar-refractivity contribution in [2.75, 3.05) is 26.8 Å². The third-order valence-corrected chi connectivity index (χ3v) is 5.01.